The van der Waals surface area contributed by atoms with Crippen LogP contribution in [0.15, 0.2) is 54.6 Å². The minimum absolute atomic E-state index is 0.215. The van der Waals surface area contributed by atoms with Gasteiger partial charge in [-0.15, -0.1) is 0 Å². The van der Waals surface area contributed by atoms with Gasteiger partial charge in [0.05, 0.1) is 34.4 Å². The lowest BCUT2D eigenvalue weighted by Gasteiger charge is -2.21. The molecule has 5 rings (SSSR count). The van der Waals surface area contributed by atoms with Crippen LogP contribution in [0.2, 0.25) is 5.02 Å². The number of rotatable bonds is 5. The first-order valence-corrected chi connectivity index (χ1v) is 12.2. The molecule has 1 N–H and O–H groups in total. The van der Waals surface area contributed by atoms with Crippen molar-refractivity contribution >= 4 is 33.4 Å². The minimum Gasteiger partial charge on any atom is -0.504 e. The van der Waals surface area contributed by atoms with Crippen LogP contribution >= 0.6 is 11.6 Å². The van der Waals surface area contributed by atoms with Crippen LogP contribution in [-0.2, 0) is 12.1 Å². The molecule has 0 aliphatic rings. The fourth-order valence-electron chi connectivity index (χ4n) is 4.51. The number of phenolic OH excluding ortho intramolecular Hbond substituents is 1. The Morgan fingerprint density at radius 1 is 1.05 bits per heavy atom. The number of aromatic hydroxyl groups is 1. The maximum absolute atomic E-state index is 15.9. The predicted molar refractivity (Wildman–Crippen MR) is 144 cm³/mol. The summed E-state index contributed by atoms with van der Waals surface area (Å²) in [4.78, 5) is 4.91. The number of hydrogen-bond donors (Lipinski definition) is 1. The third kappa shape index (κ3) is 4.33. The molecule has 0 bridgehead atoms. The van der Waals surface area contributed by atoms with Crippen molar-refractivity contribution in [2.75, 3.05) is 7.11 Å². The molecule has 0 amide bonds. The highest BCUT2D eigenvalue weighted by Crippen LogP contribution is 2.44. The van der Waals surface area contributed by atoms with E-state index in [9.17, 15) is 5.11 Å². The number of benzene rings is 3. The number of pyridine rings is 1. The van der Waals surface area contributed by atoms with Crippen molar-refractivity contribution in [2.24, 2.45) is 0 Å². The van der Waals surface area contributed by atoms with Crippen LogP contribution in [0.5, 0.6) is 17.2 Å². The largest absolute Gasteiger partial charge is 0.504 e. The Bertz CT molecular complexity index is 1640. The van der Waals surface area contributed by atoms with Gasteiger partial charge in [-0.3, -0.25) is 0 Å². The SMILES string of the molecule is COc1c(O)cc2c(c(-c3ccc(OCc4ccccc4)c(Cl)c3)nc3c2c(C)nn3C(C)(C)C)c1F. The van der Waals surface area contributed by atoms with Crippen LogP contribution in [0.3, 0.4) is 0 Å². The second-order valence-electron chi connectivity index (χ2n) is 9.91. The molecule has 6 nitrogen and oxygen atoms in total. The molecule has 37 heavy (non-hydrogen) atoms. The average molecular weight is 520 g/mol. The Hall–Kier alpha value is -3.84. The summed E-state index contributed by atoms with van der Waals surface area (Å²) in [6, 6.07) is 16.5. The van der Waals surface area contributed by atoms with Gasteiger partial charge in [-0.2, -0.15) is 5.10 Å². The summed E-state index contributed by atoms with van der Waals surface area (Å²) in [5.41, 5.74) is 2.85. The highest BCUT2D eigenvalue weighted by atomic mass is 35.5. The number of hydrogen-bond acceptors (Lipinski definition) is 5. The molecular weight excluding hydrogens is 493 g/mol. The number of aryl methyl sites for hydroxylation is 1. The molecule has 0 unspecified atom stereocenters. The summed E-state index contributed by atoms with van der Waals surface area (Å²) in [5.74, 6) is -0.738. The molecule has 2 aromatic heterocycles. The fourth-order valence-corrected chi connectivity index (χ4v) is 4.75. The summed E-state index contributed by atoms with van der Waals surface area (Å²) >= 11 is 6.62. The van der Waals surface area contributed by atoms with E-state index in [0.717, 1.165) is 5.56 Å². The van der Waals surface area contributed by atoms with Crippen molar-refractivity contribution in [1.82, 2.24) is 14.8 Å². The molecule has 0 saturated carbocycles. The first-order chi connectivity index (χ1) is 17.6. The van der Waals surface area contributed by atoms with Gasteiger partial charge in [0, 0.05) is 16.3 Å². The summed E-state index contributed by atoms with van der Waals surface area (Å²) < 4.78 is 28.8. The second kappa shape index (κ2) is 9.23. The van der Waals surface area contributed by atoms with E-state index in [2.05, 4.69) is 0 Å². The van der Waals surface area contributed by atoms with Crippen LogP contribution in [0.1, 0.15) is 32.0 Å². The molecule has 0 spiro atoms. The van der Waals surface area contributed by atoms with Crippen LogP contribution < -0.4 is 9.47 Å². The zero-order valence-electron chi connectivity index (χ0n) is 21.3. The van der Waals surface area contributed by atoms with Crippen LogP contribution in [0.4, 0.5) is 4.39 Å². The third-order valence-corrected chi connectivity index (χ3v) is 6.54. The molecule has 0 atom stereocenters. The van der Waals surface area contributed by atoms with Gasteiger partial charge in [0.25, 0.3) is 0 Å². The molecular formula is C29H27ClFN3O3. The van der Waals surface area contributed by atoms with Crippen LogP contribution in [0, 0.1) is 12.7 Å². The minimum atomic E-state index is -0.703. The van der Waals surface area contributed by atoms with Gasteiger partial charge in [0.2, 0.25) is 0 Å². The molecule has 8 heteroatoms. The monoisotopic (exact) mass is 519 g/mol. The second-order valence-corrected chi connectivity index (χ2v) is 10.3. The lowest BCUT2D eigenvalue weighted by Crippen LogP contribution is -2.23. The van der Waals surface area contributed by atoms with Gasteiger partial charge in [0.1, 0.15) is 12.4 Å². The Labute approximate surface area is 219 Å². The molecule has 2 heterocycles. The molecule has 0 aliphatic heterocycles. The van der Waals surface area contributed by atoms with Gasteiger partial charge in [-0.25, -0.2) is 14.1 Å². The number of halogens is 2. The normalized spacial score (nSPS) is 11.9. The maximum Gasteiger partial charge on any atom is 0.197 e. The van der Waals surface area contributed by atoms with E-state index in [1.165, 1.54) is 13.2 Å². The van der Waals surface area contributed by atoms with E-state index < -0.39 is 5.82 Å². The molecule has 0 fully saturated rings. The predicted octanol–water partition coefficient (Wildman–Crippen LogP) is 7.40. The summed E-state index contributed by atoms with van der Waals surface area (Å²) in [6.45, 7) is 8.27. The number of fused-ring (bicyclic) bond motifs is 3. The third-order valence-electron chi connectivity index (χ3n) is 6.24. The number of phenols is 1. The summed E-state index contributed by atoms with van der Waals surface area (Å²) in [5, 5.41) is 17.0. The number of nitrogens with zero attached hydrogens (tertiary/aromatic N) is 3. The van der Waals surface area contributed by atoms with Gasteiger partial charge in [-0.05, 0) is 57.5 Å². The van der Waals surface area contributed by atoms with Crippen molar-refractivity contribution < 1.29 is 19.0 Å². The maximum atomic E-state index is 15.9. The molecule has 190 valence electrons. The van der Waals surface area contributed by atoms with Crippen molar-refractivity contribution in [3.63, 3.8) is 0 Å². The molecule has 0 radical (unpaired) electrons. The first-order valence-electron chi connectivity index (χ1n) is 11.9. The molecule has 5 aromatic rings. The van der Waals surface area contributed by atoms with E-state index in [4.69, 9.17) is 31.2 Å². The highest BCUT2D eigenvalue weighted by molar-refractivity contribution is 6.32. The van der Waals surface area contributed by atoms with E-state index in [1.54, 1.807) is 18.2 Å². The Kier molecular flexibility index (Phi) is 6.20. The number of methoxy groups -OCH3 is 1. The fraction of sp³-hybridized carbons (Fsp3) is 0.241. The van der Waals surface area contributed by atoms with Crippen LogP contribution in [-0.4, -0.2) is 27.0 Å². The van der Waals surface area contributed by atoms with Crippen molar-refractivity contribution in [3.05, 3.63) is 76.7 Å². The van der Waals surface area contributed by atoms with E-state index in [-0.39, 0.29) is 22.4 Å². The Morgan fingerprint density at radius 2 is 1.78 bits per heavy atom. The zero-order valence-corrected chi connectivity index (χ0v) is 22.0. The van der Waals surface area contributed by atoms with Gasteiger partial charge >= 0.3 is 0 Å². The quantitative estimate of drug-likeness (QED) is 0.262. The van der Waals surface area contributed by atoms with E-state index in [0.29, 0.717) is 50.7 Å². The van der Waals surface area contributed by atoms with Gasteiger partial charge < -0.3 is 14.6 Å². The number of aromatic nitrogens is 3. The topological polar surface area (TPSA) is 69.4 Å². The van der Waals surface area contributed by atoms with E-state index >= 15 is 4.39 Å². The lowest BCUT2D eigenvalue weighted by molar-refractivity contribution is 0.306. The van der Waals surface area contributed by atoms with Crippen LogP contribution in [0.25, 0.3) is 33.1 Å². The summed E-state index contributed by atoms with van der Waals surface area (Å²) in [6.07, 6.45) is 0. The molecule has 0 aliphatic carbocycles. The standard InChI is InChI=1S/C29H27ClFN3O3/c1-16-23-19-14-21(35)27(36-5)25(31)24(19)26(32-28(23)34(33-16)29(2,3)4)18-11-12-22(20(30)13-18)37-15-17-9-7-6-8-10-17/h6-14,35H,15H2,1-5H3. The van der Waals surface area contributed by atoms with Crippen molar-refractivity contribution in [3.8, 4) is 28.5 Å². The Morgan fingerprint density at radius 3 is 2.43 bits per heavy atom. The zero-order chi connectivity index (χ0) is 26.5. The van der Waals surface area contributed by atoms with E-state index in [1.807, 2.05) is 62.7 Å². The number of ether oxygens (including phenoxy) is 2. The first kappa shape index (κ1) is 24.8. The van der Waals surface area contributed by atoms with Crippen molar-refractivity contribution in [2.45, 2.75) is 39.8 Å². The molecule has 3 aromatic carbocycles. The lowest BCUT2D eigenvalue weighted by atomic mass is 9.99. The van der Waals surface area contributed by atoms with Crippen molar-refractivity contribution in [1.29, 1.82) is 0 Å². The van der Waals surface area contributed by atoms with Gasteiger partial charge in [-0.1, -0.05) is 41.9 Å². The van der Waals surface area contributed by atoms with Gasteiger partial charge in [0.15, 0.2) is 23.0 Å². The summed E-state index contributed by atoms with van der Waals surface area (Å²) in [7, 11) is 1.31. The molecule has 0 saturated heterocycles. The average Bonchev–Trinajstić information content (AvgIpc) is 3.20. The highest BCUT2D eigenvalue weighted by Gasteiger charge is 2.27. The smallest absolute Gasteiger partial charge is 0.197 e. The Balaban J connectivity index is 1.73.